The number of ether oxygens (including phenoxy) is 2. The fourth-order valence-electron chi connectivity index (χ4n) is 4.38. The van der Waals surface area contributed by atoms with Crippen molar-refractivity contribution >= 4 is 18.0 Å². The second-order valence-corrected chi connectivity index (χ2v) is 8.79. The highest BCUT2D eigenvalue weighted by Gasteiger charge is 2.33. The van der Waals surface area contributed by atoms with Crippen LogP contribution in [0.4, 0.5) is 26.7 Å². The number of rotatable bonds is 9. The number of guanidine groups is 1. The van der Waals surface area contributed by atoms with Gasteiger partial charge in [0.25, 0.3) is 0 Å². The van der Waals surface area contributed by atoms with E-state index in [4.69, 9.17) is 16.2 Å². The first-order chi connectivity index (χ1) is 19.1. The first-order valence-electron chi connectivity index (χ1n) is 12.0. The predicted molar refractivity (Wildman–Crippen MR) is 134 cm³/mol. The number of hydrogen-bond acceptors (Lipinski definition) is 5. The molecule has 0 radical (unpaired) electrons. The van der Waals surface area contributed by atoms with Gasteiger partial charge in [0.05, 0.1) is 0 Å². The van der Waals surface area contributed by atoms with Gasteiger partial charge in [-0.2, -0.15) is 8.78 Å². The molecule has 8 nitrogen and oxygen atoms in total. The van der Waals surface area contributed by atoms with Crippen LogP contribution < -0.4 is 21.5 Å². The van der Waals surface area contributed by atoms with Gasteiger partial charge >= 0.3 is 12.1 Å². The number of alkyl carbamates (subject to hydrolysis) is 1. The number of amides is 1. The van der Waals surface area contributed by atoms with Crippen LogP contribution in [-0.4, -0.2) is 37.2 Å². The molecule has 1 amide bonds. The zero-order valence-electron chi connectivity index (χ0n) is 20.7. The number of nitrogens with zero attached hydrogens (tertiary/aromatic N) is 1. The van der Waals surface area contributed by atoms with Crippen LogP contribution in [0.2, 0.25) is 0 Å². The number of carbonyl (C=O) groups is 2. The molecule has 0 unspecified atom stereocenters. The highest BCUT2D eigenvalue weighted by atomic mass is 19.2. The Morgan fingerprint density at radius 2 is 1.38 bits per heavy atom. The maximum absolute atomic E-state index is 14.1. The first kappa shape index (κ1) is 28.3. The number of benzene rings is 3. The summed E-state index contributed by atoms with van der Waals surface area (Å²) in [7, 11) is 0. The van der Waals surface area contributed by atoms with Crippen LogP contribution in [-0.2, 0) is 9.53 Å². The summed E-state index contributed by atoms with van der Waals surface area (Å²) in [4.78, 5) is 29.1. The molecular weight excluding hydrogens is 539 g/mol. The average Bonchev–Trinajstić information content (AvgIpc) is 3.27. The van der Waals surface area contributed by atoms with E-state index in [2.05, 4.69) is 15.0 Å². The summed E-state index contributed by atoms with van der Waals surface area (Å²) >= 11 is 0. The van der Waals surface area contributed by atoms with Crippen LogP contribution >= 0.6 is 0 Å². The van der Waals surface area contributed by atoms with E-state index in [1.807, 2.05) is 48.5 Å². The van der Waals surface area contributed by atoms with Crippen molar-refractivity contribution in [2.45, 2.75) is 24.8 Å². The monoisotopic (exact) mass is 562 g/mol. The van der Waals surface area contributed by atoms with Crippen molar-refractivity contribution in [2.75, 3.05) is 13.2 Å². The van der Waals surface area contributed by atoms with Crippen LogP contribution in [0.15, 0.2) is 53.5 Å². The Hall–Kier alpha value is -4.68. The summed E-state index contributed by atoms with van der Waals surface area (Å²) in [5, 5.41) is 2.22. The molecular formula is C27H23F5N4O4. The molecule has 1 aliphatic rings. The second-order valence-electron chi connectivity index (χ2n) is 8.79. The molecule has 4 rings (SSSR count). The molecule has 0 heterocycles. The summed E-state index contributed by atoms with van der Waals surface area (Å²) in [6.45, 7) is -0.117. The molecule has 0 saturated carbocycles. The van der Waals surface area contributed by atoms with Crippen molar-refractivity contribution in [1.29, 1.82) is 0 Å². The van der Waals surface area contributed by atoms with E-state index in [1.54, 1.807) is 0 Å². The summed E-state index contributed by atoms with van der Waals surface area (Å²) in [6.07, 6.45) is -1.24. The SMILES string of the molecule is NC(N)=NCCC[C@H](NC(=O)OCC1c2ccccc2-c2ccccc21)C(=O)Oc1c(F)c(F)c(F)c(F)c1F. The Morgan fingerprint density at radius 1 is 0.850 bits per heavy atom. The van der Waals surface area contributed by atoms with Gasteiger partial charge in [-0.3, -0.25) is 4.99 Å². The molecule has 40 heavy (non-hydrogen) atoms. The van der Waals surface area contributed by atoms with Crippen LogP contribution in [0.25, 0.3) is 11.1 Å². The molecule has 0 spiro atoms. The zero-order valence-corrected chi connectivity index (χ0v) is 20.7. The molecule has 0 saturated heterocycles. The third kappa shape index (κ3) is 5.82. The number of aliphatic imine (C=N–C) groups is 1. The van der Waals surface area contributed by atoms with E-state index in [-0.39, 0.29) is 37.9 Å². The summed E-state index contributed by atoms with van der Waals surface area (Å²) in [5.41, 5.74) is 14.3. The molecule has 210 valence electrons. The smallest absolute Gasteiger partial charge is 0.407 e. The molecule has 0 aliphatic heterocycles. The van der Waals surface area contributed by atoms with Gasteiger partial charge in [-0.1, -0.05) is 48.5 Å². The minimum Gasteiger partial charge on any atom is -0.449 e. The summed E-state index contributed by atoms with van der Waals surface area (Å²) in [6, 6.07) is 13.5. The summed E-state index contributed by atoms with van der Waals surface area (Å²) < 4.78 is 78.5. The molecule has 5 N–H and O–H groups in total. The quantitative estimate of drug-likeness (QED) is 0.0523. The van der Waals surface area contributed by atoms with Crippen molar-refractivity contribution in [3.63, 3.8) is 0 Å². The number of nitrogens with two attached hydrogens (primary N) is 2. The van der Waals surface area contributed by atoms with E-state index in [9.17, 15) is 31.5 Å². The third-order valence-corrected chi connectivity index (χ3v) is 6.24. The van der Waals surface area contributed by atoms with Gasteiger partial charge in [-0.05, 0) is 35.1 Å². The van der Waals surface area contributed by atoms with Crippen molar-refractivity contribution in [2.24, 2.45) is 16.5 Å². The van der Waals surface area contributed by atoms with Gasteiger partial charge in [0, 0.05) is 12.5 Å². The number of esters is 1. The molecule has 1 aliphatic carbocycles. The van der Waals surface area contributed by atoms with Crippen molar-refractivity contribution in [3.05, 3.63) is 88.7 Å². The number of hydrogen-bond donors (Lipinski definition) is 3. The number of nitrogens with one attached hydrogen (secondary N) is 1. The maximum Gasteiger partial charge on any atom is 0.407 e. The largest absolute Gasteiger partial charge is 0.449 e. The van der Waals surface area contributed by atoms with Crippen LogP contribution in [0.5, 0.6) is 5.75 Å². The van der Waals surface area contributed by atoms with E-state index < -0.39 is 52.9 Å². The van der Waals surface area contributed by atoms with Crippen molar-refractivity contribution in [3.8, 4) is 16.9 Å². The van der Waals surface area contributed by atoms with Gasteiger partial charge in [0.15, 0.2) is 5.96 Å². The van der Waals surface area contributed by atoms with Gasteiger partial charge in [0.2, 0.25) is 34.8 Å². The molecule has 0 aromatic heterocycles. The van der Waals surface area contributed by atoms with E-state index in [0.29, 0.717) is 0 Å². The lowest BCUT2D eigenvalue weighted by Crippen LogP contribution is -2.44. The predicted octanol–water partition coefficient (Wildman–Crippen LogP) is 4.25. The Kier molecular flexibility index (Phi) is 8.51. The molecule has 1 atom stereocenters. The van der Waals surface area contributed by atoms with Crippen molar-refractivity contribution in [1.82, 2.24) is 5.32 Å². The maximum atomic E-state index is 14.1. The Balaban J connectivity index is 1.49. The number of halogens is 5. The summed E-state index contributed by atoms with van der Waals surface area (Å²) in [5.74, 6) is -15.5. The molecule has 3 aromatic carbocycles. The van der Waals surface area contributed by atoms with Gasteiger partial charge in [-0.15, -0.1) is 0 Å². The fourth-order valence-corrected chi connectivity index (χ4v) is 4.38. The van der Waals surface area contributed by atoms with E-state index >= 15 is 0 Å². The van der Waals surface area contributed by atoms with Gasteiger partial charge in [0.1, 0.15) is 12.6 Å². The lowest BCUT2D eigenvalue weighted by Gasteiger charge is -2.19. The van der Waals surface area contributed by atoms with E-state index in [0.717, 1.165) is 22.3 Å². The lowest BCUT2D eigenvalue weighted by atomic mass is 9.98. The Bertz CT molecular complexity index is 1400. The Morgan fingerprint density at radius 3 is 1.93 bits per heavy atom. The first-order valence-corrected chi connectivity index (χ1v) is 12.0. The second kappa shape index (κ2) is 12.0. The van der Waals surface area contributed by atoms with Crippen LogP contribution in [0.1, 0.15) is 29.9 Å². The average molecular weight is 562 g/mol. The zero-order chi connectivity index (χ0) is 29.0. The van der Waals surface area contributed by atoms with Gasteiger partial charge in [-0.25, -0.2) is 22.8 Å². The lowest BCUT2D eigenvalue weighted by molar-refractivity contribution is -0.137. The molecule has 0 fully saturated rings. The topological polar surface area (TPSA) is 129 Å². The highest BCUT2D eigenvalue weighted by molar-refractivity contribution is 5.83. The molecule has 13 heteroatoms. The number of carbonyl (C=O) groups excluding carboxylic acids is 2. The van der Waals surface area contributed by atoms with Gasteiger partial charge < -0.3 is 26.3 Å². The third-order valence-electron chi connectivity index (χ3n) is 6.24. The highest BCUT2D eigenvalue weighted by Crippen LogP contribution is 2.44. The number of fused-ring (bicyclic) bond motifs is 3. The standard InChI is InChI=1S/C27H23F5N4O4/c28-19-20(29)22(31)24(23(32)21(19)30)40-25(37)18(10-5-11-35-26(33)34)36-27(38)39-12-17-15-8-3-1-6-13(15)14-7-2-4-9-16(14)17/h1-4,6-9,17-18H,5,10-12H2,(H,36,38)(H4,33,34,35)/t18-/m0/s1. The fraction of sp³-hybridized carbons (Fsp3) is 0.222. The van der Waals surface area contributed by atoms with Crippen molar-refractivity contribution < 1.29 is 41.0 Å². The Labute approximate surface area is 224 Å². The van der Waals surface area contributed by atoms with E-state index in [1.165, 1.54) is 0 Å². The molecule has 0 bridgehead atoms. The molecule has 3 aromatic rings. The van der Waals surface area contributed by atoms with Crippen LogP contribution in [0, 0.1) is 29.1 Å². The minimum atomic E-state index is -2.42. The normalized spacial score (nSPS) is 12.7. The minimum absolute atomic E-state index is 0.00100. The van der Waals surface area contributed by atoms with Crippen LogP contribution in [0.3, 0.4) is 0 Å².